The van der Waals surface area contributed by atoms with Crippen molar-refractivity contribution in [3.05, 3.63) is 0 Å². The molecule has 2 rings (SSSR count). The molecule has 2 nitrogen and oxygen atoms in total. The molecule has 2 aliphatic rings. The molecule has 1 aliphatic carbocycles. The van der Waals surface area contributed by atoms with Crippen LogP contribution >= 0.6 is 0 Å². The van der Waals surface area contributed by atoms with Crippen LogP contribution in [0.25, 0.3) is 0 Å². The molecular formula is C17H33NO. The van der Waals surface area contributed by atoms with Crippen molar-refractivity contribution < 1.29 is 5.11 Å². The van der Waals surface area contributed by atoms with Crippen molar-refractivity contribution in [1.82, 2.24) is 4.90 Å². The molecule has 19 heavy (non-hydrogen) atoms. The van der Waals surface area contributed by atoms with Gasteiger partial charge in [-0.15, -0.1) is 0 Å². The second-order valence-electron chi connectivity index (χ2n) is 7.65. The minimum atomic E-state index is -0.0824. The Morgan fingerprint density at radius 1 is 1.21 bits per heavy atom. The van der Waals surface area contributed by atoms with E-state index >= 15 is 0 Å². The first-order valence-corrected chi connectivity index (χ1v) is 8.37. The van der Waals surface area contributed by atoms with Gasteiger partial charge in [-0.3, -0.25) is 4.90 Å². The molecule has 2 heteroatoms. The molecule has 3 atom stereocenters. The van der Waals surface area contributed by atoms with E-state index in [1.54, 1.807) is 0 Å². The summed E-state index contributed by atoms with van der Waals surface area (Å²) in [6.45, 7) is 11.8. The Hall–Kier alpha value is -0.0800. The van der Waals surface area contributed by atoms with Crippen LogP contribution in [0.5, 0.6) is 0 Å². The molecule has 0 radical (unpaired) electrons. The van der Waals surface area contributed by atoms with Gasteiger partial charge in [-0.1, -0.05) is 34.1 Å². The van der Waals surface area contributed by atoms with Crippen molar-refractivity contribution in [3.8, 4) is 0 Å². The Morgan fingerprint density at radius 3 is 2.37 bits per heavy atom. The van der Waals surface area contributed by atoms with Crippen LogP contribution < -0.4 is 0 Å². The molecule has 3 unspecified atom stereocenters. The first-order chi connectivity index (χ1) is 8.95. The Balaban J connectivity index is 1.93. The fourth-order valence-electron chi connectivity index (χ4n) is 3.91. The van der Waals surface area contributed by atoms with E-state index in [2.05, 4.69) is 32.6 Å². The molecule has 0 aromatic rings. The quantitative estimate of drug-likeness (QED) is 0.843. The second-order valence-corrected chi connectivity index (χ2v) is 7.65. The molecule has 0 spiro atoms. The summed E-state index contributed by atoms with van der Waals surface area (Å²) in [7, 11) is 0. The maximum Gasteiger partial charge on any atom is 0.0695 e. The minimum Gasteiger partial charge on any atom is -0.391 e. The fraction of sp³-hybridized carbons (Fsp3) is 1.00. The van der Waals surface area contributed by atoms with E-state index in [1.165, 1.54) is 45.2 Å². The maximum absolute atomic E-state index is 10.4. The molecule has 1 heterocycles. The van der Waals surface area contributed by atoms with Gasteiger partial charge in [-0.05, 0) is 62.4 Å². The third kappa shape index (κ3) is 3.52. The van der Waals surface area contributed by atoms with Crippen LogP contribution in [0.4, 0.5) is 0 Å². The predicted octanol–water partition coefficient (Wildman–Crippen LogP) is 3.68. The molecule has 1 aliphatic heterocycles. The zero-order valence-corrected chi connectivity index (χ0v) is 13.4. The van der Waals surface area contributed by atoms with Crippen LogP contribution in [0.2, 0.25) is 0 Å². The van der Waals surface area contributed by atoms with Crippen molar-refractivity contribution in [2.45, 2.75) is 78.4 Å². The Morgan fingerprint density at radius 2 is 1.84 bits per heavy atom. The summed E-state index contributed by atoms with van der Waals surface area (Å²) >= 11 is 0. The number of likely N-dealkylation sites (tertiary alicyclic amines) is 1. The molecule has 2 fully saturated rings. The molecule has 0 aromatic heterocycles. The fourth-order valence-corrected chi connectivity index (χ4v) is 3.91. The van der Waals surface area contributed by atoms with Crippen LogP contribution in [0, 0.1) is 17.3 Å². The van der Waals surface area contributed by atoms with E-state index in [4.69, 9.17) is 0 Å². The predicted molar refractivity (Wildman–Crippen MR) is 81.2 cm³/mol. The normalized spacial score (nSPS) is 36.6. The van der Waals surface area contributed by atoms with E-state index in [1.807, 2.05) is 0 Å². The molecule has 1 saturated carbocycles. The van der Waals surface area contributed by atoms with Crippen molar-refractivity contribution in [1.29, 1.82) is 0 Å². The van der Waals surface area contributed by atoms with Crippen LogP contribution in [0.1, 0.15) is 66.2 Å². The SMILES string of the molecule is CCC1(C)CCN(C2CC(C(C)C)CCC2O)CC1. The first-order valence-electron chi connectivity index (χ1n) is 8.37. The summed E-state index contributed by atoms with van der Waals surface area (Å²) < 4.78 is 0. The Labute approximate surface area is 119 Å². The van der Waals surface area contributed by atoms with Gasteiger partial charge in [-0.2, -0.15) is 0 Å². The lowest BCUT2D eigenvalue weighted by Crippen LogP contribution is -2.52. The topological polar surface area (TPSA) is 23.5 Å². The molecule has 1 saturated heterocycles. The standard InChI is InChI=1S/C17H33NO/c1-5-17(4)8-10-18(11-9-17)15-12-14(13(2)3)6-7-16(15)19/h13-16,19H,5-12H2,1-4H3. The van der Waals surface area contributed by atoms with Gasteiger partial charge >= 0.3 is 0 Å². The van der Waals surface area contributed by atoms with Crippen molar-refractivity contribution in [3.63, 3.8) is 0 Å². The lowest BCUT2D eigenvalue weighted by Gasteiger charge is -2.47. The van der Waals surface area contributed by atoms with Crippen LogP contribution in [0.3, 0.4) is 0 Å². The zero-order chi connectivity index (χ0) is 14.0. The third-order valence-electron chi connectivity index (χ3n) is 6.09. The van der Waals surface area contributed by atoms with Crippen molar-refractivity contribution in [2.75, 3.05) is 13.1 Å². The van der Waals surface area contributed by atoms with E-state index in [0.29, 0.717) is 11.5 Å². The lowest BCUT2D eigenvalue weighted by atomic mass is 9.74. The smallest absolute Gasteiger partial charge is 0.0695 e. The van der Waals surface area contributed by atoms with Gasteiger partial charge in [-0.25, -0.2) is 0 Å². The van der Waals surface area contributed by atoms with Crippen LogP contribution in [0.15, 0.2) is 0 Å². The number of rotatable bonds is 3. The maximum atomic E-state index is 10.4. The van der Waals surface area contributed by atoms with E-state index in [9.17, 15) is 5.11 Å². The van der Waals surface area contributed by atoms with Gasteiger partial charge in [0, 0.05) is 6.04 Å². The first kappa shape index (κ1) is 15.3. The zero-order valence-electron chi connectivity index (χ0n) is 13.4. The van der Waals surface area contributed by atoms with Gasteiger partial charge in [0.15, 0.2) is 0 Å². The summed E-state index contributed by atoms with van der Waals surface area (Å²) in [6.07, 6.45) is 7.26. The Bertz CT molecular complexity index is 281. The number of hydrogen-bond donors (Lipinski definition) is 1. The van der Waals surface area contributed by atoms with Crippen LogP contribution in [-0.4, -0.2) is 35.2 Å². The Kier molecular flexibility index (Phi) is 4.94. The van der Waals surface area contributed by atoms with E-state index < -0.39 is 0 Å². The number of hydrogen-bond acceptors (Lipinski definition) is 2. The highest BCUT2D eigenvalue weighted by Gasteiger charge is 2.37. The molecule has 0 amide bonds. The van der Waals surface area contributed by atoms with Gasteiger partial charge < -0.3 is 5.11 Å². The highest BCUT2D eigenvalue weighted by atomic mass is 16.3. The molecular weight excluding hydrogens is 234 g/mol. The van der Waals surface area contributed by atoms with E-state index in [0.717, 1.165) is 18.3 Å². The van der Waals surface area contributed by atoms with Gasteiger partial charge in [0.05, 0.1) is 6.10 Å². The average molecular weight is 267 g/mol. The summed E-state index contributed by atoms with van der Waals surface area (Å²) in [4.78, 5) is 2.59. The average Bonchev–Trinajstić information content (AvgIpc) is 2.40. The van der Waals surface area contributed by atoms with Crippen LogP contribution in [-0.2, 0) is 0 Å². The summed E-state index contributed by atoms with van der Waals surface area (Å²) in [6, 6.07) is 0.433. The molecule has 0 bridgehead atoms. The summed E-state index contributed by atoms with van der Waals surface area (Å²) in [5, 5.41) is 10.4. The lowest BCUT2D eigenvalue weighted by molar-refractivity contribution is -0.0281. The molecule has 0 aromatic carbocycles. The van der Waals surface area contributed by atoms with Gasteiger partial charge in [0.1, 0.15) is 0 Å². The second kappa shape index (κ2) is 6.13. The van der Waals surface area contributed by atoms with Crippen molar-refractivity contribution >= 4 is 0 Å². The van der Waals surface area contributed by atoms with Crippen molar-refractivity contribution in [2.24, 2.45) is 17.3 Å². The van der Waals surface area contributed by atoms with Gasteiger partial charge in [0.25, 0.3) is 0 Å². The van der Waals surface area contributed by atoms with E-state index in [-0.39, 0.29) is 6.10 Å². The monoisotopic (exact) mass is 267 g/mol. The summed E-state index contributed by atoms with van der Waals surface area (Å²) in [5.74, 6) is 1.58. The number of aliphatic hydroxyl groups is 1. The molecule has 1 N–H and O–H groups in total. The summed E-state index contributed by atoms with van der Waals surface area (Å²) in [5.41, 5.74) is 0.549. The number of nitrogens with zero attached hydrogens (tertiary/aromatic N) is 1. The highest BCUT2D eigenvalue weighted by Crippen LogP contribution is 2.38. The minimum absolute atomic E-state index is 0.0824. The highest BCUT2D eigenvalue weighted by molar-refractivity contribution is 4.91. The largest absolute Gasteiger partial charge is 0.391 e. The number of piperidine rings is 1. The molecule has 112 valence electrons. The third-order valence-corrected chi connectivity index (χ3v) is 6.09. The number of aliphatic hydroxyl groups excluding tert-OH is 1. The van der Waals surface area contributed by atoms with Gasteiger partial charge in [0.2, 0.25) is 0 Å².